The van der Waals surface area contributed by atoms with Crippen molar-refractivity contribution in [2.45, 2.75) is 38.1 Å². The molecule has 1 aromatic heterocycles. The summed E-state index contributed by atoms with van der Waals surface area (Å²) in [6, 6.07) is 10.7. The molecular formula is C18H23N3O. The van der Waals surface area contributed by atoms with Crippen molar-refractivity contribution in [3.8, 4) is 17.0 Å². The summed E-state index contributed by atoms with van der Waals surface area (Å²) in [5.74, 6) is 0.848. The van der Waals surface area contributed by atoms with Crippen molar-refractivity contribution in [1.29, 1.82) is 0 Å². The molecule has 1 aliphatic rings. The number of nitrogens with one attached hydrogen (secondary N) is 1. The molecule has 1 N–H and O–H groups in total. The summed E-state index contributed by atoms with van der Waals surface area (Å²) in [4.78, 5) is 8.83. The predicted octanol–water partition coefficient (Wildman–Crippen LogP) is 3.23. The summed E-state index contributed by atoms with van der Waals surface area (Å²) in [5.41, 5.74) is 3.05. The summed E-state index contributed by atoms with van der Waals surface area (Å²) in [6.07, 6.45) is 7.72. The molecule has 4 heteroatoms. The van der Waals surface area contributed by atoms with E-state index >= 15 is 0 Å². The Morgan fingerprint density at radius 3 is 2.95 bits per heavy atom. The van der Waals surface area contributed by atoms with Gasteiger partial charge in [-0.3, -0.25) is 0 Å². The van der Waals surface area contributed by atoms with Crippen LogP contribution in [0.25, 0.3) is 11.3 Å². The van der Waals surface area contributed by atoms with E-state index in [9.17, 15) is 0 Å². The van der Waals surface area contributed by atoms with Crippen molar-refractivity contribution in [2.75, 3.05) is 13.7 Å². The van der Waals surface area contributed by atoms with Gasteiger partial charge in [0.05, 0.1) is 12.8 Å². The molecule has 22 heavy (non-hydrogen) atoms. The second kappa shape index (κ2) is 7.36. The smallest absolute Gasteiger partial charge is 0.128 e. The molecule has 0 aliphatic carbocycles. The van der Waals surface area contributed by atoms with Crippen LogP contribution >= 0.6 is 0 Å². The van der Waals surface area contributed by atoms with Crippen molar-refractivity contribution in [3.05, 3.63) is 42.4 Å². The molecule has 0 bridgehead atoms. The van der Waals surface area contributed by atoms with Crippen LogP contribution in [0.3, 0.4) is 0 Å². The zero-order chi connectivity index (χ0) is 15.2. The Labute approximate surface area is 132 Å². The molecule has 0 spiro atoms. The van der Waals surface area contributed by atoms with Crippen molar-refractivity contribution in [3.63, 3.8) is 0 Å². The number of ether oxygens (including phenoxy) is 1. The van der Waals surface area contributed by atoms with Gasteiger partial charge in [0.1, 0.15) is 12.1 Å². The fourth-order valence-electron chi connectivity index (χ4n) is 3.03. The molecule has 0 amide bonds. The molecule has 116 valence electrons. The SMILES string of the molecule is COc1ccccc1-c1cc(CC[C@@H]2CCCCN2)ncn1. The molecule has 0 radical (unpaired) electrons. The number of piperidine rings is 1. The van der Waals surface area contributed by atoms with E-state index in [0.717, 1.165) is 42.1 Å². The van der Waals surface area contributed by atoms with Gasteiger partial charge in [0, 0.05) is 17.3 Å². The van der Waals surface area contributed by atoms with Gasteiger partial charge in [0.15, 0.2) is 0 Å². The van der Waals surface area contributed by atoms with Crippen LogP contribution in [-0.4, -0.2) is 29.7 Å². The second-order valence-corrected chi connectivity index (χ2v) is 5.78. The van der Waals surface area contributed by atoms with Crippen LogP contribution in [-0.2, 0) is 6.42 Å². The maximum atomic E-state index is 5.42. The summed E-state index contributed by atoms with van der Waals surface area (Å²) in [6.45, 7) is 1.15. The normalized spacial score (nSPS) is 18.1. The summed E-state index contributed by atoms with van der Waals surface area (Å²) in [5, 5.41) is 3.59. The highest BCUT2D eigenvalue weighted by Crippen LogP contribution is 2.28. The van der Waals surface area contributed by atoms with Crippen LogP contribution in [0.4, 0.5) is 0 Å². The Morgan fingerprint density at radius 2 is 2.14 bits per heavy atom. The highest BCUT2D eigenvalue weighted by molar-refractivity contribution is 5.66. The third-order valence-corrected chi connectivity index (χ3v) is 4.27. The van der Waals surface area contributed by atoms with Gasteiger partial charge in [-0.2, -0.15) is 0 Å². The van der Waals surface area contributed by atoms with Gasteiger partial charge in [-0.05, 0) is 50.4 Å². The Bertz CT molecular complexity index is 609. The van der Waals surface area contributed by atoms with Crippen molar-refractivity contribution < 1.29 is 4.74 Å². The molecule has 1 saturated heterocycles. The maximum absolute atomic E-state index is 5.42. The van der Waals surface area contributed by atoms with E-state index in [1.165, 1.54) is 19.3 Å². The van der Waals surface area contributed by atoms with Gasteiger partial charge in [-0.1, -0.05) is 18.6 Å². The molecule has 1 atom stereocenters. The lowest BCUT2D eigenvalue weighted by Gasteiger charge is -2.23. The van der Waals surface area contributed by atoms with Crippen molar-refractivity contribution in [1.82, 2.24) is 15.3 Å². The molecule has 0 unspecified atom stereocenters. The van der Waals surface area contributed by atoms with Crippen LogP contribution in [0.5, 0.6) is 5.75 Å². The van der Waals surface area contributed by atoms with E-state index in [4.69, 9.17) is 4.74 Å². The first kappa shape index (κ1) is 15.0. The molecule has 1 fully saturated rings. The van der Waals surface area contributed by atoms with Crippen molar-refractivity contribution >= 4 is 0 Å². The largest absolute Gasteiger partial charge is 0.496 e. The summed E-state index contributed by atoms with van der Waals surface area (Å²) in [7, 11) is 1.69. The van der Waals surface area contributed by atoms with Crippen LogP contribution < -0.4 is 10.1 Å². The third kappa shape index (κ3) is 3.63. The number of para-hydroxylation sites is 1. The van der Waals surface area contributed by atoms with E-state index in [1.807, 2.05) is 24.3 Å². The predicted molar refractivity (Wildman–Crippen MR) is 88.0 cm³/mol. The Morgan fingerprint density at radius 1 is 1.23 bits per heavy atom. The number of hydrogen-bond donors (Lipinski definition) is 1. The minimum absolute atomic E-state index is 0.637. The monoisotopic (exact) mass is 297 g/mol. The number of aryl methyl sites for hydroxylation is 1. The lowest BCUT2D eigenvalue weighted by molar-refractivity contribution is 0.382. The second-order valence-electron chi connectivity index (χ2n) is 5.78. The quantitative estimate of drug-likeness (QED) is 0.920. The van der Waals surface area contributed by atoms with Crippen LogP contribution in [0, 0.1) is 0 Å². The van der Waals surface area contributed by atoms with Crippen molar-refractivity contribution in [2.24, 2.45) is 0 Å². The molecule has 1 aromatic carbocycles. The van der Waals surface area contributed by atoms with E-state index in [-0.39, 0.29) is 0 Å². The Balaban J connectivity index is 1.72. The van der Waals surface area contributed by atoms with Gasteiger partial charge in [-0.25, -0.2) is 9.97 Å². The van der Waals surface area contributed by atoms with E-state index in [0.29, 0.717) is 6.04 Å². The highest BCUT2D eigenvalue weighted by Gasteiger charge is 2.13. The fraction of sp³-hybridized carbons (Fsp3) is 0.444. The molecule has 3 rings (SSSR count). The summed E-state index contributed by atoms with van der Waals surface area (Å²) >= 11 is 0. The maximum Gasteiger partial charge on any atom is 0.128 e. The van der Waals surface area contributed by atoms with Gasteiger partial charge >= 0.3 is 0 Å². The zero-order valence-corrected chi connectivity index (χ0v) is 13.1. The number of methoxy groups -OCH3 is 1. The lowest BCUT2D eigenvalue weighted by Crippen LogP contribution is -2.34. The molecular weight excluding hydrogens is 274 g/mol. The first-order valence-corrected chi connectivity index (χ1v) is 8.04. The Hall–Kier alpha value is -1.94. The number of hydrogen-bond acceptors (Lipinski definition) is 4. The molecule has 0 saturated carbocycles. The van der Waals surface area contributed by atoms with Gasteiger partial charge in [0.2, 0.25) is 0 Å². The fourth-order valence-corrected chi connectivity index (χ4v) is 3.03. The summed E-state index contributed by atoms with van der Waals surface area (Å²) < 4.78 is 5.42. The van der Waals surface area contributed by atoms with Gasteiger partial charge in [-0.15, -0.1) is 0 Å². The average Bonchev–Trinajstić information content (AvgIpc) is 2.61. The molecule has 1 aliphatic heterocycles. The van der Waals surface area contributed by atoms with Crippen LogP contribution in [0.2, 0.25) is 0 Å². The Kier molecular flexibility index (Phi) is 5.01. The number of nitrogens with zero attached hydrogens (tertiary/aromatic N) is 2. The first-order valence-electron chi connectivity index (χ1n) is 8.04. The number of aromatic nitrogens is 2. The lowest BCUT2D eigenvalue weighted by atomic mass is 9.99. The average molecular weight is 297 g/mol. The van der Waals surface area contributed by atoms with E-state index < -0.39 is 0 Å². The third-order valence-electron chi connectivity index (χ3n) is 4.27. The van der Waals surface area contributed by atoms with Gasteiger partial charge in [0.25, 0.3) is 0 Å². The molecule has 2 heterocycles. The number of benzene rings is 1. The van der Waals surface area contributed by atoms with Crippen LogP contribution in [0.15, 0.2) is 36.7 Å². The van der Waals surface area contributed by atoms with Gasteiger partial charge < -0.3 is 10.1 Å². The first-order chi connectivity index (χ1) is 10.9. The topological polar surface area (TPSA) is 47.0 Å². The minimum atomic E-state index is 0.637. The van der Waals surface area contributed by atoms with E-state index in [1.54, 1.807) is 13.4 Å². The standard InChI is InChI=1S/C18H23N3O/c1-22-18-8-3-2-7-16(18)17-12-15(20-13-21-17)10-9-14-6-4-5-11-19-14/h2-3,7-8,12-14,19H,4-6,9-11H2,1H3/t14-/m0/s1. The number of rotatable bonds is 5. The van der Waals surface area contributed by atoms with Crippen LogP contribution in [0.1, 0.15) is 31.4 Å². The molecule has 4 nitrogen and oxygen atoms in total. The zero-order valence-electron chi connectivity index (χ0n) is 13.1. The van der Waals surface area contributed by atoms with E-state index in [2.05, 4.69) is 21.4 Å². The highest BCUT2D eigenvalue weighted by atomic mass is 16.5. The molecule has 2 aromatic rings. The minimum Gasteiger partial charge on any atom is -0.496 e.